The van der Waals surface area contributed by atoms with Crippen molar-refractivity contribution in [3.05, 3.63) is 29.6 Å². The van der Waals surface area contributed by atoms with Crippen LogP contribution in [0.4, 0.5) is 4.79 Å². The van der Waals surface area contributed by atoms with E-state index in [1.165, 1.54) is 0 Å². The van der Waals surface area contributed by atoms with Crippen LogP contribution in [0, 0.1) is 6.92 Å². The first kappa shape index (κ1) is 14.8. The minimum atomic E-state index is -0.474. The second-order valence-corrected chi connectivity index (χ2v) is 6.13. The summed E-state index contributed by atoms with van der Waals surface area (Å²) in [5.41, 5.74) is 1.54. The van der Waals surface area contributed by atoms with Gasteiger partial charge in [0.25, 0.3) is 0 Å². The molecule has 2 heterocycles. The summed E-state index contributed by atoms with van der Waals surface area (Å²) in [7, 11) is 0. The number of amides is 1. The summed E-state index contributed by atoms with van der Waals surface area (Å²) in [4.78, 5) is 18.4. The zero-order chi connectivity index (χ0) is 14.8. The van der Waals surface area contributed by atoms with Gasteiger partial charge in [0.15, 0.2) is 0 Å². The molecule has 110 valence electrons. The lowest BCUT2D eigenvalue weighted by Gasteiger charge is -2.37. The summed E-state index contributed by atoms with van der Waals surface area (Å²) in [6.45, 7) is 9.77. The largest absolute Gasteiger partial charge is 0.444 e. The third kappa shape index (κ3) is 3.70. The summed E-state index contributed by atoms with van der Waals surface area (Å²) in [6.07, 6.45) is 1.58. The van der Waals surface area contributed by atoms with Crippen molar-refractivity contribution in [1.29, 1.82) is 0 Å². The van der Waals surface area contributed by atoms with Crippen LogP contribution < -0.4 is 5.32 Å². The zero-order valence-corrected chi connectivity index (χ0v) is 12.6. The van der Waals surface area contributed by atoms with E-state index >= 15 is 0 Å². The van der Waals surface area contributed by atoms with Crippen LogP contribution in [0.3, 0.4) is 0 Å². The van der Waals surface area contributed by atoms with E-state index in [1.807, 2.05) is 46.0 Å². The lowest BCUT2D eigenvalue weighted by atomic mass is 10.1. The molecule has 0 spiro atoms. The van der Waals surface area contributed by atoms with Gasteiger partial charge in [-0.05, 0) is 39.3 Å². The number of rotatable bonds is 1. The van der Waals surface area contributed by atoms with E-state index in [2.05, 4.69) is 10.3 Å². The standard InChI is InChI=1S/C15H23N3O2/c1-11-5-6-12(9-17-11)13-10-16-7-8-18(13)14(19)20-15(2,3)4/h5-6,9,13,16H,7-8,10H2,1-4H3. The minimum Gasteiger partial charge on any atom is -0.444 e. The number of pyridine rings is 1. The fourth-order valence-corrected chi connectivity index (χ4v) is 2.22. The molecule has 1 aromatic rings. The molecule has 1 N–H and O–H groups in total. The van der Waals surface area contributed by atoms with Gasteiger partial charge in [-0.3, -0.25) is 9.88 Å². The Kier molecular flexibility index (Phi) is 4.28. The molecule has 5 heteroatoms. The first-order chi connectivity index (χ1) is 9.37. The van der Waals surface area contributed by atoms with Crippen LogP contribution in [0.1, 0.15) is 38.1 Å². The highest BCUT2D eigenvalue weighted by atomic mass is 16.6. The number of piperazine rings is 1. The molecule has 1 aliphatic heterocycles. The highest BCUT2D eigenvalue weighted by Crippen LogP contribution is 2.24. The number of ether oxygens (including phenoxy) is 1. The lowest BCUT2D eigenvalue weighted by molar-refractivity contribution is 0.0117. The Hall–Kier alpha value is -1.62. The van der Waals surface area contributed by atoms with Crippen molar-refractivity contribution in [3.63, 3.8) is 0 Å². The Morgan fingerprint density at radius 2 is 2.20 bits per heavy atom. The summed E-state index contributed by atoms with van der Waals surface area (Å²) in [6, 6.07) is 3.97. The molecule has 1 aliphatic rings. The highest BCUT2D eigenvalue weighted by Gasteiger charge is 2.31. The molecule has 1 aromatic heterocycles. The van der Waals surface area contributed by atoms with Gasteiger partial charge in [0, 0.05) is 31.5 Å². The minimum absolute atomic E-state index is 0.0216. The molecule has 0 bridgehead atoms. The van der Waals surface area contributed by atoms with Gasteiger partial charge >= 0.3 is 6.09 Å². The molecular weight excluding hydrogens is 254 g/mol. The molecule has 0 radical (unpaired) electrons. The van der Waals surface area contributed by atoms with E-state index < -0.39 is 5.60 Å². The van der Waals surface area contributed by atoms with Crippen molar-refractivity contribution >= 4 is 6.09 Å². The second kappa shape index (κ2) is 5.79. The van der Waals surface area contributed by atoms with Crippen molar-refractivity contribution in [2.24, 2.45) is 0 Å². The summed E-state index contributed by atoms with van der Waals surface area (Å²) >= 11 is 0. The first-order valence-electron chi connectivity index (χ1n) is 7.00. The number of hydrogen-bond acceptors (Lipinski definition) is 4. The van der Waals surface area contributed by atoms with Crippen LogP contribution in [-0.4, -0.2) is 41.2 Å². The molecule has 5 nitrogen and oxygen atoms in total. The van der Waals surface area contributed by atoms with Crippen LogP contribution in [0.5, 0.6) is 0 Å². The monoisotopic (exact) mass is 277 g/mol. The molecule has 1 fully saturated rings. The average molecular weight is 277 g/mol. The fourth-order valence-electron chi connectivity index (χ4n) is 2.22. The number of hydrogen-bond donors (Lipinski definition) is 1. The SMILES string of the molecule is Cc1ccc(C2CNCCN2C(=O)OC(C)(C)C)cn1. The van der Waals surface area contributed by atoms with E-state index in [0.717, 1.165) is 24.3 Å². The molecule has 2 rings (SSSR count). The molecule has 0 saturated carbocycles. The Morgan fingerprint density at radius 1 is 1.45 bits per heavy atom. The maximum Gasteiger partial charge on any atom is 0.410 e. The molecule has 0 aliphatic carbocycles. The smallest absolute Gasteiger partial charge is 0.410 e. The molecule has 20 heavy (non-hydrogen) atoms. The van der Waals surface area contributed by atoms with Gasteiger partial charge in [-0.25, -0.2) is 4.79 Å². The predicted molar refractivity (Wildman–Crippen MR) is 77.5 cm³/mol. The predicted octanol–water partition coefficient (Wildman–Crippen LogP) is 2.27. The molecule has 0 aromatic carbocycles. The normalized spacial score (nSPS) is 19.8. The number of nitrogens with one attached hydrogen (secondary N) is 1. The van der Waals surface area contributed by atoms with E-state index in [-0.39, 0.29) is 12.1 Å². The Balaban J connectivity index is 2.16. The summed E-state index contributed by atoms with van der Waals surface area (Å²) < 4.78 is 5.49. The molecule has 1 amide bonds. The van der Waals surface area contributed by atoms with Crippen LogP contribution in [0.2, 0.25) is 0 Å². The number of aromatic nitrogens is 1. The van der Waals surface area contributed by atoms with Crippen molar-refractivity contribution in [2.45, 2.75) is 39.3 Å². The van der Waals surface area contributed by atoms with Gasteiger partial charge in [-0.15, -0.1) is 0 Å². The third-order valence-corrected chi connectivity index (χ3v) is 3.19. The summed E-state index contributed by atoms with van der Waals surface area (Å²) in [5.74, 6) is 0. The van der Waals surface area contributed by atoms with E-state index in [1.54, 1.807) is 4.90 Å². The fraction of sp³-hybridized carbons (Fsp3) is 0.600. The van der Waals surface area contributed by atoms with Crippen LogP contribution in [0.15, 0.2) is 18.3 Å². The maximum atomic E-state index is 12.3. The zero-order valence-electron chi connectivity index (χ0n) is 12.6. The van der Waals surface area contributed by atoms with Crippen LogP contribution in [-0.2, 0) is 4.74 Å². The van der Waals surface area contributed by atoms with Crippen molar-refractivity contribution in [1.82, 2.24) is 15.2 Å². The third-order valence-electron chi connectivity index (χ3n) is 3.19. The Labute approximate surface area is 120 Å². The van der Waals surface area contributed by atoms with Crippen LogP contribution >= 0.6 is 0 Å². The average Bonchev–Trinajstić information content (AvgIpc) is 2.38. The maximum absolute atomic E-state index is 12.3. The number of carbonyl (C=O) groups excluding carboxylic acids is 1. The van der Waals surface area contributed by atoms with Gasteiger partial charge in [0.2, 0.25) is 0 Å². The van der Waals surface area contributed by atoms with Crippen molar-refractivity contribution < 1.29 is 9.53 Å². The number of nitrogens with zero attached hydrogens (tertiary/aromatic N) is 2. The van der Waals surface area contributed by atoms with Gasteiger partial charge in [-0.1, -0.05) is 6.07 Å². The number of aryl methyl sites for hydroxylation is 1. The van der Waals surface area contributed by atoms with Gasteiger partial charge in [-0.2, -0.15) is 0 Å². The first-order valence-corrected chi connectivity index (χ1v) is 7.00. The molecule has 1 unspecified atom stereocenters. The van der Waals surface area contributed by atoms with Crippen molar-refractivity contribution in [2.75, 3.05) is 19.6 Å². The second-order valence-electron chi connectivity index (χ2n) is 6.13. The van der Waals surface area contributed by atoms with E-state index in [4.69, 9.17) is 4.74 Å². The number of carbonyl (C=O) groups is 1. The Bertz CT molecular complexity index is 465. The van der Waals surface area contributed by atoms with Gasteiger partial charge in [0.1, 0.15) is 5.60 Å². The van der Waals surface area contributed by atoms with Gasteiger partial charge in [0.05, 0.1) is 6.04 Å². The molecular formula is C15H23N3O2. The van der Waals surface area contributed by atoms with E-state index in [9.17, 15) is 4.79 Å². The van der Waals surface area contributed by atoms with Crippen LogP contribution in [0.25, 0.3) is 0 Å². The molecule has 1 atom stereocenters. The Morgan fingerprint density at radius 3 is 2.80 bits per heavy atom. The van der Waals surface area contributed by atoms with E-state index in [0.29, 0.717) is 6.54 Å². The van der Waals surface area contributed by atoms with Gasteiger partial charge < -0.3 is 10.1 Å². The lowest BCUT2D eigenvalue weighted by Crippen LogP contribution is -2.50. The highest BCUT2D eigenvalue weighted by molar-refractivity contribution is 5.69. The molecule has 1 saturated heterocycles. The van der Waals surface area contributed by atoms with Crippen molar-refractivity contribution in [3.8, 4) is 0 Å². The quantitative estimate of drug-likeness (QED) is 0.855. The summed E-state index contributed by atoms with van der Waals surface area (Å²) in [5, 5.41) is 3.32. The topological polar surface area (TPSA) is 54.5 Å².